The fraction of sp³-hybridized carbons (Fsp3) is 0.500. The van der Waals surface area contributed by atoms with Gasteiger partial charge in [-0.05, 0) is 6.92 Å². The van der Waals surface area contributed by atoms with E-state index in [1.807, 2.05) is 0 Å². The lowest BCUT2D eigenvalue weighted by Crippen LogP contribution is -2.11. The zero-order chi connectivity index (χ0) is 12.7. The summed E-state index contributed by atoms with van der Waals surface area (Å²) in [6.07, 6.45) is 1.54. The number of methoxy groups -OCH3 is 1. The molecule has 0 aliphatic rings. The monoisotopic (exact) mass is 257 g/mol. The number of esters is 1. The van der Waals surface area contributed by atoms with E-state index in [0.717, 1.165) is 0 Å². The van der Waals surface area contributed by atoms with Crippen molar-refractivity contribution in [2.75, 3.05) is 26.0 Å². The van der Waals surface area contributed by atoms with Gasteiger partial charge in [0.1, 0.15) is 0 Å². The third-order valence-corrected chi connectivity index (χ3v) is 2.81. The van der Waals surface area contributed by atoms with E-state index in [0.29, 0.717) is 23.8 Å². The molecule has 0 aromatic carbocycles. The molecule has 0 saturated carbocycles. The normalized spacial score (nSPS) is 10.1. The summed E-state index contributed by atoms with van der Waals surface area (Å²) < 4.78 is 9.80. The summed E-state index contributed by atoms with van der Waals surface area (Å²) in [7, 11) is 1.44. The molecule has 1 aromatic rings. The van der Waals surface area contributed by atoms with Crippen LogP contribution in [0.2, 0.25) is 0 Å². The van der Waals surface area contributed by atoms with Crippen LogP contribution in [0.4, 0.5) is 0 Å². The topological polar surface area (TPSA) is 87.3 Å². The summed E-state index contributed by atoms with van der Waals surface area (Å²) in [6.45, 7) is 2.55. The molecule has 94 valence electrons. The number of ether oxygens (including phenoxy) is 2. The van der Waals surface area contributed by atoms with E-state index in [1.54, 1.807) is 13.1 Å². The van der Waals surface area contributed by atoms with Crippen LogP contribution in [0.1, 0.15) is 17.4 Å². The molecule has 0 aliphatic heterocycles. The van der Waals surface area contributed by atoms with E-state index < -0.39 is 5.97 Å². The van der Waals surface area contributed by atoms with E-state index in [2.05, 4.69) is 9.97 Å². The molecule has 2 N–H and O–H groups in total. The molecule has 0 atom stereocenters. The Morgan fingerprint density at radius 3 is 2.94 bits per heavy atom. The largest absolute Gasteiger partial charge is 0.467 e. The Kier molecular flexibility index (Phi) is 5.71. The van der Waals surface area contributed by atoms with Crippen LogP contribution >= 0.6 is 11.8 Å². The van der Waals surface area contributed by atoms with Gasteiger partial charge in [-0.25, -0.2) is 9.78 Å². The van der Waals surface area contributed by atoms with E-state index in [1.165, 1.54) is 18.9 Å². The van der Waals surface area contributed by atoms with Crippen LogP contribution in [0.5, 0.6) is 6.01 Å². The Morgan fingerprint density at radius 1 is 1.59 bits per heavy atom. The fourth-order valence-corrected chi connectivity index (χ4v) is 1.80. The van der Waals surface area contributed by atoms with Gasteiger partial charge >= 0.3 is 12.0 Å². The summed E-state index contributed by atoms with van der Waals surface area (Å²) in [5.41, 5.74) is 5.63. The van der Waals surface area contributed by atoms with Crippen molar-refractivity contribution < 1.29 is 14.3 Å². The standard InChI is InChI=1S/C10H15N3O3S/c1-3-16-9(14)8-7(17-5-4-11)6-12-10(13-8)15-2/h6H,3-5,11H2,1-2H3. The molecule has 0 bridgehead atoms. The lowest BCUT2D eigenvalue weighted by atomic mass is 10.4. The van der Waals surface area contributed by atoms with Gasteiger partial charge in [0.15, 0.2) is 5.69 Å². The molecule has 17 heavy (non-hydrogen) atoms. The second-order valence-corrected chi connectivity index (χ2v) is 4.06. The molecule has 0 radical (unpaired) electrons. The van der Waals surface area contributed by atoms with E-state index >= 15 is 0 Å². The average Bonchev–Trinajstić information content (AvgIpc) is 2.36. The first-order valence-corrected chi connectivity index (χ1v) is 6.12. The maximum absolute atomic E-state index is 11.7. The number of thioether (sulfide) groups is 1. The maximum atomic E-state index is 11.7. The summed E-state index contributed by atoms with van der Waals surface area (Å²) in [6, 6.07) is 0.144. The molecule has 7 heteroatoms. The average molecular weight is 257 g/mol. The van der Waals surface area contributed by atoms with Crippen LogP contribution in [-0.2, 0) is 4.74 Å². The minimum Gasteiger partial charge on any atom is -0.467 e. The first-order valence-electron chi connectivity index (χ1n) is 5.14. The predicted molar refractivity (Wildman–Crippen MR) is 64.3 cm³/mol. The fourth-order valence-electron chi connectivity index (χ4n) is 1.07. The van der Waals surface area contributed by atoms with E-state index in [4.69, 9.17) is 15.2 Å². The molecule has 1 aromatic heterocycles. The highest BCUT2D eigenvalue weighted by Crippen LogP contribution is 2.22. The van der Waals surface area contributed by atoms with Crippen molar-refractivity contribution in [3.05, 3.63) is 11.9 Å². The van der Waals surface area contributed by atoms with Crippen LogP contribution in [0.3, 0.4) is 0 Å². The zero-order valence-electron chi connectivity index (χ0n) is 9.80. The zero-order valence-corrected chi connectivity index (χ0v) is 10.6. The van der Waals surface area contributed by atoms with Crippen LogP contribution in [-0.4, -0.2) is 42.0 Å². The number of nitrogens with two attached hydrogens (primary N) is 1. The first kappa shape index (κ1) is 13.7. The van der Waals surface area contributed by atoms with Crippen molar-refractivity contribution in [3.8, 4) is 6.01 Å². The van der Waals surface area contributed by atoms with Gasteiger partial charge < -0.3 is 15.2 Å². The lowest BCUT2D eigenvalue weighted by molar-refractivity contribution is 0.0513. The van der Waals surface area contributed by atoms with Gasteiger partial charge in [-0.2, -0.15) is 4.98 Å². The van der Waals surface area contributed by atoms with Gasteiger partial charge in [0.05, 0.1) is 18.6 Å². The Hall–Kier alpha value is -1.34. The number of hydrogen-bond acceptors (Lipinski definition) is 7. The van der Waals surface area contributed by atoms with Gasteiger partial charge in [0.25, 0.3) is 0 Å². The van der Waals surface area contributed by atoms with Gasteiger partial charge in [0.2, 0.25) is 0 Å². The van der Waals surface area contributed by atoms with Gasteiger partial charge in [0, 0.05) is 18.5 Å². The van der Waals surface area contributed by atoms with Gasteiger partial charge in [-0.1, -0.05) is 0 Å². The molecule has 0 fully saturated rings. The van der Waals surface area contributed by atoms with Crippen LogP contribution in [0.15, 0.2) is 11.1 Å². The summed E-state index contributed by atoms with van der Waals surface area (Å²) in [5.74, 6) is 0.204. The van der Waals surface area contributed by atoms with Gasteiger partial charge in [-0.15, -0.1) is 11.8 Å². The third-order valence-electron chi connectivity index (χ3n) is 1.76. The molecule has 1 rings (SSSR count). The minimum absolute atomic E-state index is 0.144. The number of aromatic nitrogens is 2. The smallest absolute Gasteiger partial charge is 0.358 e. The summed E-state index contributed by atoms with van der Waals surface area (Å²) in [4.78, 5) is 20.3. The van der Waals surface area contributed by atoms with Crippen molar-refractivity contribution in [1.82, 2.24) is 9.97 Å². The number of hydrogen-bond donors (Lipinski definition) is 1. The third kappa shape index (κ3) is 3.86. The van der Waals surface area contributed by atoms with Crippen LogP contribution < -0.4 is 10.5 Å². The van der Waals surface area contributed by atoms with Crippen molar-refractivity contribution in [3.63, 3.8) is 0 Å². The number of carbonyl (C=O) groups is 1. The van der Waals surface area contributed by atoms with Crippen LogP contribution in [0, 0.1) is 0 Å². The Labute approximate surface area is 104 Å². The Morgan fingerprint density at radius 2 is 2.35 bits per heavy atom. The second kappa shape index (κ2) is 7.08. The number of rotatable bonds is 6. The van der Waals surface area contributed by atoms with E-state index in [-0.39, 0.29) is 11.7 Å². The Balaban J connectivity index is 2.98. The number of carbonyl (C=O) groups excluding carboxylic acids is 1. The highest BCUT2D eigenvalue weighted by atomic mass is 32.2. The van der Waals surface area contributed by atoms with Crippen molar-refractivity contribution in [2.45, 2.75) is 11.8 Å². The molecule has 6 nitrogen and oxygen atoms in total. The quantitative estimate of drug-likeness (QED) is 0.593. The molecule has 1 heterocycles. The van der Waals surface area contributed by atoms with Gasteiger partial charge in [-0.3, -0.25) is 0 Å². The molecule has 0 amide bonds. The molecular formula is C10H15N3O3S. The van der Waals surface area contributed by atoms with Crippen molar-refractivity contribution in [2.24, 2.45) is 5.73 Å². The summed E-state index contributed by atoms with van der Waals surface area (Å²) >= 11 is 1.41. The first-order chi connectivity index (χ1) is 8.22. The molecule has 0 saturated heterocycles. The predicted octanol–water partition coefficient (Wildman–Crippen LogP) is 0.713. The molecule has 0 unspecified atom stereocenters. The number of nitrogens with zero attached hydrogens (tertiary/aromatic N) is 2. The lowest BCUT2D eigenvalue weighted by Gasteiger charge is -2.07. The minimum atomic E-state index is -0.479. The summed E-state index contributed by atoms with van der Waals surface area (Å²) in [5, 5.41) is 0. The molecule has 0 aliphatic carbocycles. The Bertz CT molecular complexity index is 387. The van der Waals surface area contributed by atoms with E-state index in [9.17, 15) is 4.79 Å². The van der Waals surface area contributed by atoms with Crippen molar-refractivity contribution >= 4 is 17.7 Å². The highest BCUT2D eigenvalue weighted by molar-refractivity contribution is 7.99. The molecule has 0 spiro atoms. The van der Waals surface area contributed by atoms with Crippen LogP contribution in [0.25, 0.3) is 0 Å². The molecular weight excluding hydrogens is 242 g/mol. The maximum Gasteiger partial charge on any atom is 0.358 e. The second-order valence-electron chi connectivity index (χ2n) is 2.93. The highest BCUT2D eigenvalue weighted by Gasteiger charge is 2.16. The van der Waals surface area contributed by atoms with Crippen molar-refractivity contribution in [1.29, 1.82) is 0 Å². The SMILES string of the molecule is CCOC(=O)c1nc(OC)ncc1SCCN.